The molecule has 7 heteroatoms. The molecule has 0 bridgehead atoms. The fraction of sp³-hybridized carbons (Fsp3) is 0.440. The van der Waals surface area contributed by atoms with Crippen molar-refractivity contribution in [3.05, 3.63) is 47.5 Å². The number of aliphatic imine (C=N–C) groups is 1. The van der Waals surface area contributed by atoms with E-state index >= 15 is 0 Å². The van der Waals surface area contributed by atoms with Crippen LogP contribution in [-0.4, -0.2) is 60.0 Å². The Bertz CT molecular complexity index is 1060. The van der Waals surface area contributed by atoms with E-state index in [1.54, 1.807) is 7.11 Å². The van der Waals surface area contributed by atoms with Crippen molar-refractivity contribution in [1.82, 2.24) is 15.1 Å². The Labute approximate surface area is 190 Å². The molecule has 2 aliphatic rings. The van der Waals surface area contributed by atoms with E-state index in [4.69, 9.17) is 14.5 Å². The number of benzene rings is 2. The third kappa shape index (κ3) is 4.52. The van der Waals surface area contributed by atoms with Crippen LogP contribution in [-0.2, 0) is 0 Å². The molecule has 0 spiro atoms. The first kappa shape index (κ1) is 22.0. The van der Waals surface area contributed by atoms with Gasteiger partial charge in [0.1, 0.15) is 23.0 Å². The van der Waals surface area contributed by atoms with Crippen molar-refractivity contribution >= 4 is 17.6 Å². The number of methoxy groups -OCH3 is 1. The summed E-state index contributed by atoms with van der Waals surface area (Å²) >= 11 is 0. The van der Waals surface area contributed by atoms with Gasteiger partial charge in [-0.15, -0.1) is 0 Å². The molecular weight excluding hydrogens is 404 g/mol. The van der Waals surface area contributed by atoms with Gasteiger partial charge in [0.2, 0.25) is 0 Å². The van der Waals surface area contributed by atoms with E-state index in [0.29, 0.717) is 25.4 Å². The number of urea groups is 1. The number of amidine groups is 1. The molecule has 1 saturated heterocycles. The molecule has 0 saturated carbocycles. The van der Waals surface area contributed by atoms with Gasteiger partial charge in [-0.3, -0.25) is 0 Å². The third-order valence-corrected chi connectivity index (χ3v) is 5.66. The first-order chi connectivity index (χ1) is 15.1. The molecule has 0 aliphatic carbocycles. The summed E-state index contributed by atoms with van der Waals surface area (Å²) in [5, 5.41) is 3.07. The zero-order chi connectivity index (χ0) is 23.0. The molecule has 1 N–H and O–H groups in total. The average Bonchev–Trinajstić information content (AvgIpc) is 2.87. The second kappa shape index (κ2) is 8.37. The number of carbonyl (C=O) groups excluding carboxylic acids is 1. The highest BCUT2D eigenvalue weighted by Crippen LogP contribution is 2.40. The van der Waals surface area contributed by atoms with Crippen molar-refractivity contribution in [3.63, 3.8) is 0 Å². The number of nitrogens with zero attached hydrogens (tertiary/aromatic N) is 3. The highest BCUT2D eigenvalue weighted by atomic mass is 16.5. The molecule has 2 heterocycles. The Morgan fingerprint density at radius 2 is 1.94 bits per heavy atom. The number of ether oxygens (including phenoxy) is 2. The lowest BCUT2D eigenvalue weighted by Crippen LogP contribution is -2.59. The number of fused-ring (bicyclic) bond motifs is 2. The second-order valence-corrected chi connectivity index (χ2v) is 9.54. The number of hydrogen-bond acceptors (Lipinski definition) is 5. The van der Waals surface area contributed by atoms with Crippen LogP contribution in [0.15, 0.2) is 41.4 Å². The predicted molar refractivity (Wildman–Crippen MR) is 126 cm³/mol. The first-order valence-corrected chi connectivity index (χ1v) is 11.0. The number of aryl methyl sites for hydroxylation is 1. The van der Waals surface area contributed by atoms with Gasteiger partial charge in [-0.05, 0) is 64.4 Å². The van der Waals surface area contributed by atoms with Crippen LogP contribution in [0.25, 0.3) is 0 Å². The zero-order valence-corrected chi connectivity index (χ0v) is 19.7. The van der Waals surface area contributed by atoms with Gasteiger partial charge in [0, 0.05) is 37.3 Å². The first-order valence-electron chi connectivity index (χ1n) is 11.0. The topological polar surface area (TPSA) is 66.4 Å². The molecule has 4 rings (SSSR count). The summed E-state index contributed by atoms with van der Waals surface area (Å²) < 4.78 is 11.7. The van der Waals surface area contributed by atoms with Crippen molar-refractivity contribution in [1.29, 1.82) is 0 Å². The number of hydrogen-bond donors (Lipinski definition) is 1. The van der Waals surface area contributed by atoms with Gasteiger partial charge in [0.15, 0.2) is 5.75 Å². The largest absolute Gasteiger partial charge is 0.497 e. The van der Waals surface area contributed by atoms with E-state index in [-0.39, 0.29) is 17.6 Å². The van der Waals surface area contributed by atoms with Crippen LogP contribution >= 0.6 is 0 Å². The predicted octanol–water partition coefficient (Wildman–Crippen LogP) is 4.70. The lowest BCUT2D eigenvalue weighted by atomic mass is 10.1. The van der Waals surface area contributed by atoms with E-state index in [1.807, 2.05) is 69.0 Å². The molecule has 170 valence electrons. The fourth-order valence-electron chi connectivity index (χ4n) is 4.07. The second-order valence-electron chi connectivity index (χ2n) is 9.54. The Morgan fingerprint density at radius 1 is 1.16 bits per heavy atom. The number of nitrogens with one attached hydrogen (secondary N) is 1. The van der Waals surface area contributed by atoms with E-state index in [0.717, 1.165) is 34.1 Å². The van der Waals surface area contributed by atoms with Gasteiger partial charge < -0.3 is 24.6 Å². The molecule has 0 aromatic heterocycles. The normalized spacial score (nSPS) is 18.1. The fourth-order valence-corrected chi connectivity index (χ4v) is 4.07. The monoisotopic (exact) mass is 436 g/mol. The van der Waals surface area contributed by atoms with E-state index in [1.165, 1.54) is 0 Å². The Morgan fingerprint density at radius 3 is 2.62 bits per heavy atom. The van der Waals surface area contributed by atoms with Crippen LogP contribution in [0.5, 0.6) is 17.2 Å². The molecule has 1 atom stereocenters. The van der Waals surface area contributed by atoms with Crippen LogP contribution in [0.3, 0.4) is 0 Å². The minimum absolute atomic E-state index is 0.0262. The van der Waals surface area contributed by atoms with Gasteiger partial charge in [0.05, 0.1) is 12.7 Å². The lowest BCUT2D eigenvalue weighted by molar-refractivity contribution is 0.129. The van der Waals surface area contributed by atoms with Crippen LogP contribution < -0.4 is 14.8 Å². The molecule has 1 unspecified atom stereocenters. The van der Waals surface area contributed by atoms with Crippen molar-refractivity contribution in [3.8, 4) is 17.2 Å². The Kier molecular flexibility index (Phi) is 5.75. The standard InChI is InChI=1S/C25H32N4O3/c1-16-7-10-20-22(13-16)32-21-14-18(31-6)8-9-19(21)23(26-20)28-11-12-29(17(2)15-28)24(30)27-25(3,4)5/h7-10,13-14,17H,11-12,15H2,1-6H3,(H,27,30). The van der Waals surface area contributed by atoms with E-state index in [9.17, 15) is 4.79 Å². The molecule has 7 nitrogen and oxygen atoms in total. The lowest BCUT2D eigenvalue weighted by Gasteiger charge is -2.42. The molecule has 2 amide bonds. The number of carbonyl (C=O) groups is 1. The third-order valence-electron chi connectivity index (χ3n) is 5.66. The molecule has 1 fully saturated rings. The summed E-state index contributed by atoms with van der Waals surface area (Å²) in [4.78, 5) is 21.9. The zero-order valence-electron chi connectivity index (χ0n) is 19.7. The minimum atomic E-state index is -0.267. The Balaban J connectivity index is 1.66. The quantitative estimate of drug-likeness (QED) is 0.704. The summed E-state index contributed by atoms with van der Waals surface area (Å²) in [6.07, 6.45) is 0. The maximum absolute atomic E-state index is 12.8. The minimum Gasteiger partial charge on any atom is -0.497 e. The molecule has 0 radical (unpaired) electrons. The maximum Gasteiger partial charge on any atom is 0.318 e. The van der Waals surface area contributed by atoms with Gasteiger partial charge in [0.25, 0.3) is 0 Å². The average molecular weight is 437 g/mol. The molecular formula is C25H32N4O3. The number of piperazine rings is 1. The molecule has 2 aromatic rings. The van der Waals surface area contributed by atoms with E-state index in [2.05, 4.69) is 17.1 Å². The van der Waals surface area contributed by atoms with Gasteiger partial charge >= 0.3 is 6.03 Å². The van der Waals surface area contributed by atoms with Gasteiger partial charge in [-0.1, -0.05) is 6.07 Å². The van der Waals surface area contributed by atoms with Crippen molar-refractivity contribution in [2.75, 3.05) is 26.7 Å². The highest BCUT2D eigenvalue weighted by molar-refractivity contribution is 6.04. The molecule has 2 aromatic carbocycles. The van der Waals surface area contributed by atoms with Crippen molar-refractivity contribution in [2.24, 2.45) is 4.99 Å². The van der Waals surface area contributed by atoms with Crippen LogP contribution in [0, 0.1) is 6.92 Å². The number of amides is 2. The van der Waals surface area contributed by atoms with Gasteiger partial charge in [-0.25, -0.2) is 9.79 Å². The van der Waals surface area contributed by atoms with Gasteiger partial charge in [-0.2, -0.15) is 0 Å². The van der Waals surface area contributed by atoms with Crippen LogP contribution in [0.4, 0.5) is 10.5 Å². The van der Waals surface area contributed by atoms with Crippen molar-refractivity contribution < 1.29 is 14.3 Å². The van der Waals surface area contributed by atoms with E-state index < -0.39 is 0 Å². The highest BCUT2D eigenvalue weighted by Gasteiger charge is 2.32. The van der Waals surface area contributed by atoms with Crippen molar-refractivity contribution in [2.45, 2.75) is 46.2 Å². The summed E-state index contributed by atoms with van der Waals surface area (Å²) in [5.41, 5.74) is 2.55. The molecule has 32 heavy (non-hydrogen) atoms. The van der Waals surface area contributed by atoms with Crippen LogP contribution in [0.1, 0.15) is 38.8 Å². The summed E-state index contributed by atoms with van der Waals surface area (Å²) in [6, 6.07) is 11.9. The van der Waals surface area contributed by atoms with Crippen LogP contribution in [0.2, 0.25) is 0 Å². The summed E-state index contributed by atoms with van der Waals surface area (Å²) in [5.74, 6) is 3.03. The maximum atomic E-state index is 12.8. The summed E-state index contributed by atoms with van der Waals surface area (Å²) in [6.45, 7) is 12.1. The Hall–Kier alpha value is -3.22. The summed E-state index contributed by atoms with van der Waals surface area (Å²) in [7, 11) is 1.65. The number of rotatable bonds is 1. The SMILES string of the molecule is COc1ccc2c(c1)Oc1cc(C)ccc1N=C2N1CCN(C(=O)NC(C)(C)C)C(C)C1. The smallest absolute Gasteiger partial charge is 0.318 e. The molecule has 2 aliphatic heterocycles.